The Balaban J connectivity index is 1.66. The van der Waals surface area contributed by atoms with E-state index in [2.05, 4.69) is 17.6 Å². The Morgan fingerprint density at radius 2 is 1.83 bits per heavy atom. The lowest BCUT2D eigenvalue weighted by Gasteiger charge is -2.34. The summed E-state index contributed by atoms with van der Waals surface area (Å²) in [5.41, 5.74) is -0.132. The zero-order valence-corrected chi connectivity index (χ0v) is 14.5. The molecule has 0 spiro atoms. The van der Waals surface area contributed by atoms with Crippen molar-refractivity contribution in [2.24, 2.45) is 0 Å². The van der Waals surface area contributed by atoms with E-state index < -0.39 is 6.10 Å². The SMILES string of the molecule is COc1ccc(OCC(O)CNC(=O)NC2(C)CCCCC2)cc1. The van der Waals surface area contributed by atoms with Crippen LogP contribution >= 0.6 is 0 Å². The number of benzene rings is 1. The Kier molecular flexibility index (Phi) is 6.73. The first-order valence-electron chi connectivity index (χ1n) is 8.52. The molecule has 1 saturated carbocycles. The number of hydrogen-bond donors (Lipinski definition) is 3. The van der Waals surface area contributed by atoms with E-state index in [0.29, 0.717) is 5.75 Å². The minimum Gasteiger partial charge on any atom is -0.497 e. The molecule has 24 heavy (non-hydrogen) atoms. The molecule has 1 aromatic carbocycles. The lowest BCUT2D eigenvalue weighted by molar-refractivity contribution is 0.107. The second-order valence-electron chi connectivity index (χ2n) is 6.60. The van der Waals surface area contributed by atoms with Gasteiger partial charge in [0.05, 0.1) is 7.11 Å². The summed E-state index contributed by atoms with van der Waals surface area (Å²) in [6.45, 7) is 2.34. The van der Waals surface area contributed by atoms with Crippen molar-refractivity contribution in [2.75, 3.05) is 20.3 Å². The first kappa shape index (κ1) is 18.4. The normalized spacial score (nSPS) is 17.6. The summed E-state index contributed by atoms with van der Waals surface area (Å²) in [7, 11) is 1.60. The average Bonchev–Trinajstić information content (AvgIpc) is 2.59. The minimum absolute atomic E-state index is 0.115. The number of ether oxygens (including phenoxy) is 2. The molecule has 2 amide bonds. The maximum atomic E-state index is 12.0. The van der Waals surface area contributed by atoms with Crippen molar-refractivity contribution in [1.82, 2.24) is 10.6 Å². The van der Waals surface area contributed by atoms with Gasteiger partial charge in [-0.3, -0.25) is 0 Å². The molecule has 0 heterocycles. The fourth-order valence-corrected chi connectivity index (χ4v) is 2.91. The highest BCUT2D eigenvalue weighted by Crippen LogP contribution is 2.27. The Morgan fingerprint density at radius 1 is 1.21 bits per heavy atom. The van der Waals surface area contributed by atoms with Crippen molar-refractivity contribution >= 4 is 6.03 Å². The number of urea groups is 1. The summed E-state index contributed by atoms with van der Waals surface area (Å²) >= 11 is 0. The van der Waals surface area contributed by atoms with Gasteiger partial charge in [-0.15, -0.1) is 0 Å². The lowest BCUT2D eigenvalue weighted by Crippen LogP contribution is -2.52. The van der Waals surface area contributed by atoms with Crippen LogP contribution < -0.4 is 20.1 Å². The van der Waals surface area contributed by atoms with E-state index in [1.54, 1.807) is 31.4 Å². The molecular formula is C18H28N2O4. The Hall–Kier alpha value is -1.95. The number of aliphatic hydroxyl groups excluding tert-OH is 1. The smallest absolute Gasteiger partial charge is 0.315 e. The molecule has 1 aliphatic carbocycles. The number of carbonyl (C=O) groups is 1. The standard InChI is InChI=1S/C18H28N2O4/c1-18(10-4-3-5-11-18)20-17(22)19-12-14(21)13-24-16-8-6-15(23-2)7-9-16/h6-9,14,21H,3-5,10-13H2,1-2H3,(H2,19,20,22). The predicted molar refractivity (Wildman–Crippen MR) is 92.5 cm³/mol. The number of nitrogens with one attached hydrogen (secondary N) is 2. The molecule has 134 valence electrons. The van der Waals surface area contributed by atoms with Gasteiger partial charge >= 0.3 is 6.03 Å². The highest BCUT2D eigenvalue weighted by molar-refractivity contribution is 5.74. The maximum Gasteiger partial charge on any atom is 0.315 e. The van der Waals surface area contributed by atoms with Crippen LogP contribution in [0.4, 0.5) is 4.79 Å². The Morgan fingerprint density at radius 3 is 2.46 bits per heavy atom. The van der Waals surface area contributed by atoms with Gasteiger partial charge in [0.15, 0.2) is 0 Å². The second-order valence-corrected chi connectivity index (χ2v) is 6.60. The number of hydrogen-bond acceptors (Lipinski definition) is 4. The molecule has 1 atom stereocenters. The van der Waals surface area contributed by atoms with E-state index in [4.69, 9.17) is 9.47 Å². The zero-order chi connectivity index (χ0) is 17.4. The van der Waals surface area contributed by atoms with Crippen LogP contribution in [0.2, 0.25) is 0 Å². The first-order chi connectivity index (χ1) is 11.5. The van der Waals surface area contributed by atoms with Crippen molar-refractivity contribution in [3.05, 3.63) is 24.3 Å². The molecule has 1 unspecified atom stereocenters. The first-order valence-corrected chi connectivity index (χ1v) is 8.52. The third-order valence-corrected chi connectivity index (χ3v) is 4.37. The van der Waals surface area contributed by atoms with Crippen molar-refractivity contribution < 1.29 is 19.4 Å². The van der Waals surface area contributed by atoms with Crippen LogP contribution in [0.1, 0.15) is 39.0 Å². The molecular weight excluding hydrogens is 308 g/mol. The Bertz CT molecular complexity index is 512. The van der Waals surface area contributed by atoms with Gasteiger partial charge in [0.2, 0.25) is 0 Å². The van der Waals surface area contributed by atoms with E-state index in [-0.39, 0.29) is 24.7 Å². The van der Waals surface area contributed by atoms with Crippen molar-refractivity contribution in [1.29, 1.82) is 0 Å². The van der Waals surface area contributed by atoms with Gasteiger partial charge in [-0.2, -0.15) is 0 Å². The van der Waals surface area contributed by atoms with Crippen molar-refractivity contribution in [3.8, 4) is 11.5 Å². The number of methoxy groups -OCH3 is 1. The quantitative estimate of drug-likeness (QED) is 0.714. The molecule has 2 rings (SSSR count). The van der Waals surface area contributed by atoms with Crippen molar-refractivity contribution in [3.63, 3.8) is 0 Å². The van der Waals surface area contributed by atoms with E-state index in [0.717, 1.165) is 31.4 Å². The zero-order valence-electron chi connectivity index (χ0n) is 14.5. The molecule has 1 fully saturated rings. The highest BCUT2D eigenvalue weighted by atomic mass is 16.5. The third-order valence-electron chi connectivity index (χ3n) is 4.37. The molecule has 0 radical (unpaired) electrons. The van der Waals surface area contributed by atoms with Gasteiger partial charge in [-0.05, 0) is 44.0 Å². The molecule has 3 N–H and O–H groups in total. The van der Waals surface area contributed by atoms with E-state index in [9.17, 15) is 9.90 Å². The summed E-state index contributed by atoms with van der Waals surface area (Å²) in [4.78, 5) is 12.0. The molecule has 0 saturated heterocycles. The predicted octanol–water partition coefficient (Wildman–Crippen LogP) is 2.46. The topological polar surface area (TPSA) is 79.8 Å². The molecule has 0 aromatic heterocycles. The van der Waals surface area contributed by atoms with Gasteiger partial charge < -0.3 is 25.2 Å². The summed E-state index contributed by atoms with van der Waals surface area (Å²) in [6.07, 6.45) is 4.77. The van der Waals surface area contributed by atoms with Crippen LogP contribution in [0.3, 0.4) is 0 Å². The van der Waals surface area contributed by atoms with E-state index in [1.807, 2.05) is 0 Å². The van der Waals surface area contributed by atoms with Gasteiger partial charge in [0.1, 0.15) is 24.2 Å². The summed E-state index contributed by atoms with van der Waals surface area (Å²) < 4.78 is 10.6. The lowest BCUT2D eigenvalue weighted by atomic mass is 9.83. The van der Waals surface area contributed by atoms with Crippen LogP contribution in [0, 0.1) is 0 Å². The van der Waals surface area contributed by atoms with Crippen LogP contribution in [0.5, 0.6) is 11.5 Å². The fraction of sp³-hybridized carbons (Fsp3) is 0.611. The average molecular weight is 336 g/mol. The van der Waals surface area contributed by atoms with Crippen LogP contribution in [-0.4, -0.2) is 43.0 Å². The molecule has 1 aromatic rings. The van der Waals surface area contributed by atoms with E-state index in [1.165, 1.54) is 6.42 Å². The molecule has 1 aliphatic rings. The molecule has 6 nitrogen and oxygen atoms in total. The number of rotatable bonds is 7. The number of carbonyl (C=O) groups excluding carboxylic acids is 1. The van der Waals surface area contributed by atoms with Crippen LogP contribution in [-0.2, 0) is 0 Å². The van der Waals surface area contributed by atoms with Gasteiger partial charge in [0, 0.05) is 12.1 Å². The van der Waals surface area contributed by atoms with Crippen LogP contribution in [0.25, 0.3) is 0 Å². The van der Waals surface area contributed by atoms with Crippen LogP contribution in [0.15, 0.2) is 24.3 Å². The van der Waals surface area contributed by atoms with Crippen molar-refractivity contribution in [2.45, 2.75) is 50.7 Å². The molecule has 6 heteroatoms. The maximum absolute atomic E-state index is 12.0. The van der Waals surface area contributed by atoms with E-state index >= 15 is 0 Å². The number of aliphatic hydroxyl groups is 1. The number of amides is 2. The molecule has 0 bridgehead atoms. The highest BCUT2D eigenvalue weighted by Gasteiger charge is 2.28. The summed E-state index contributed by atoms with van der Waals surface area (Å²) in [6, 6.07) is 6.89. The molecule has 0 aliphatic heterocycles. The second kappa shape index (κ2) is 8.78. The monoisotopic (exact) mass is 336 g/mol. The largest absolute Gasteiger partial charge is 0.497 e. The fourth-order valence-electron chi connectivity index (χ4n) is 2.91. The van der Waals surface area contributed by atoms with Gasteiger partial charge in [-0.25, -0.2) is 4.79 Å². The summed E-state index contributed by atoms with van der Waals surface area (Å²) in [5.74, 6) is 1.39. The summed E-state index contributed by atoms with van der Waals surface area (Å²) in [5, 5.41) is 15.7. The minimum atomic E-state index is -0.767. The van der Waals surface area contributed by atoms with Gasteiger partial charge in [-0.1, -0.05) is 19.3 Å². The Labute approximate surface area is 143 Å². The van der Waals surface area contributed by atoms with Gasteiger partial charge in [0.25, 0.3) is 0 Å². The third kappa shape index (κ3) is 5.92.